The van der Waals surface area contributed by atoms with Gasteiger partial charge in [0, 0.05) is 0 Å². The average Bonchev–Trinajstić information content (AvgIpc) is 2.64. The van der Waals surface area contributed by atoms with Gasteiger partial charge in [-0.1, -0.05) is 0 Å². The minimum atomic E-state index is -1.24. The van der Waals surface area contributed by atoms with Gasteiger partial charge in [0.25, 0.3) is 0 Å². The summed E-state index contributed by atoms with van der Waals surface area (Å²) in [6.45, 7) is 1.42. The number of primary amides is 1. The fourth-order valence-electron chi connectivity index (χ4n) is 1.23. The molecule has 0 saturated heterocycles. The highest BCUT2D eigenvalue weighted by atomic mass is 32.1. The molecule has 0 aliphatic rings. The van der Waals surface area contributed by atoms with Crippen molar-refractivity contribution in [2.45, 2.75) is 25.6 Å². The topological polar surface area (TPSA) is 101 Å². The Balaban J connectivity index is 2.75. The minimum Gasteiger partial charge on any atom is -0.390 e. The Labute approximate surface area is 96.5 Å². The lowest BCUT2D eigenvalue weighted by Gasteiger charge is -2.14. The molecule has 0 bridgehead atoms. The van der Waals surface area contributed by atoms with Gasteiger partial charge in [0.1, 0.15) is 6.10 Å². The summed E-state index contributed by atoms with van der Waals surface area (Å²) in [5, 5.41) is 20.7. The molecule has 88 valence electrons. The molecule has 4 N–H and O–H groups in total. The van der Waals surface area contributed by atoms with Crippen molar-refractivity contribution in [1.82, 2.24) is 0 Å². The van der Waals surface area contributed by atoms with Crippen molar-refractivity contribution in [2.75, 3.05) is 0 Å². The Morgan fingerprint density at radius 3 is 2.56 bits per heavy atom. The molecule has 5 nitrogen and oxygen atoms in total. The number of hydrogen-bond donors (Lipinski definition) is 3. The second kappa shape index (κ2) is 5.20. The second-order valence-corrected chi connectivity index (χ2v) is 4.39. The Morgan fingerprint density at radius 2 is 2.12 bits per heavy atom. The highest BCUT2D eigenvalue weighted by Crippen LogP contribution is 2.24. The molecular weight excluding hydrogens is 230 g/mol. The summed E-state index contributed by atoms with van der Waals surface area (Å²) in [5.41, 5.74) is 5.32. The third-order valence-electron chi connectivity index (χ3n) is 2.08. The number of aliphatic hydroxyl groups excluding tert-OH is 2. The molecule has 16 heavy (non-hydrogen) atoms. The normalized spacial score (nSPS) is 14.4. The van der Waals surface area contributed by atoms with Crippen LogP contribution in [0.15, 0.2) is 11.4 Å². The Bertz CT molecular complexity index is 401. The molecule has 0 aromatic carbocycles. The third kappa shape index (κ3) is 3.13. The van der Waals surface area contributed by atoms with Crippen molar-refractivity contribution in [3.63, 3.8) is 0 Å². The van der Waals surface area contributed by atoms with E-state index in [2.05, 4.69) is 0 Å². The fraction of sp³-hybridized carbons (Fsp3) is 0.400. The van der Waals surface area contributed by atoms with Crippen molar-refractivity contribution in [3.05, 3.63) is 21.9 Å². The molecule has 0 radical (unpaired) electrons. The first kappa shape index (κ1) is 12.8. The number of Topliss-reactive ketones (excluding diaryl/α,β-unsaturated/α-hetero) is 1. The van der Waals surface area contributed by atoms with Crippen LogP contribution in [0.25, 0.3) is 0 Å². The van der Waals surface area contributed by atoms with Crippen molar-refractivity contribution >= 4 is 23.0 Å². The van der Waals surface area contributed by atoms with Crippen molar-refractivity contribution < 1.29 is 19.8 Å². The van der Waals surface area contributed by atoms with Gasteiger partial charge in [-0.2, -0.15) is 0 Å². The van der Waals surface area contributed by atoms with Gasteiger partial charge in [0.05, 0.1) is 17.4 Å². The van der Waals surface area contributed by atoms with Gasteiger partial charge in [0.15, 0.2) is 5.78 Å². The minimum absolute atomic E-state index is 0.104. The summed E-state index contributed by atoms with van der Waals surface area (Å²) in [5.74, 6) is -0.790. The van der Waals surface area contributed by atoms with Crippen LogP contribution < -0.4 is 5.73 Å². The van der Waals surface area contributed by atoms with Gasteiger partial charge < -0.3 is 15.9 Å². The van der Waals surface area contributed by atoms with Crippen LogP contribution in [0.3, 0.4) is 0 Å². The van der Waals surface area contributed by atoms with Gasteiger partial charge in [-0.3, -0.25) is 9.59 Å². The van der Waals surface area contributed by atoms with E-state index in [1.165, 1.54) is 24.3 Å². The Hall–Kier alpha value is -1.24. The summed E-state index contributed by atoms with van der Waals surface area (Å²) in [6.07, 6.45) is -2.75. The quantitative estimate of drug-likeness (QED) is 0.644. The maximum Gasteiger partial charge on any atom is 0.220 e. The van der Waals surface area contributed by atoms with Crippen LogP contribution >= 0.6 is 11.3 Å². The molecule has 0 aliphatic heterocycles. The van der Waals surface area contributed by atoms with E-state index in [9.17, 15) is 19.8 Å². The SMILES string of the molecule is CC(=O)c1cc(C(O)C(O)CC(N)=O)cs1. The number of amides is 1. The van der Waals surface area contributed by atoms with Crippen LogP contribution in [0, 0.1) is 0 Å². The number of carbonyl (C=O) groups is 2. The molecule has 1 amide bonds. The van der Waals surface area contributed by atoms with Crippen molar-refractivity contribution in [1.29, 1.82) is 0 Å². The lowest BCUT2D eigenvalue weighted by Crippen LogP contribution is -2.25. The monoisotopic (exact) mass is 243 g/mol. The maximum atomic E-state index is 11.0. The molecule has 2 atom stereocenters. The van der Waals surface area contributed by atoms with E-state index < -0.39 is 18.1 Å². The predicted octanol–water partition coefficient (Wildman–Crippen LogP) is 0.220. The van der Waals surface area contributed by atoms with E-state index in [4.69, 9.17) is 5.73 Å². The number of ketones is 1. The molecule has 1 rings (SSSR count). The van der Waals surface area contributed by atoms with Crippen LogP contribution in [-0.4, -0.2) is 28.0 Å². The third-order valence-corrected chi connectivity index (χ3v) is 3.13. The van der Waals surface area contributed by atoms with Crippen LogP contribution in [0.1, 0.15) is 34.7 Å². The van der Waals surface area contributed by atoms with Gasteiger partial charge >= 0.3 is 0 Å². The number of hydrogen-bond acceptors (Lipinski definition) is 5. The predicted molar refractivity (Wildman–Crippen MR) is 59.1 cm³/mol. The van der Waals surface area contributed by atoms with E-state index in [1.54, 1.807) is 5.38 Å². The zero-order valence-electron chi connectivity index (χ0n) is 8.71. The molecular formula is C10H13NO4S. The van der Waals surface area contributed by atoms with Crippen LogP contribution in [-0.2, 0) is 4.79 Å². The lowest BCUT2D eigenvalue weighted by atomic mass is 10.0. The highest BCUT2D eigenvalue weighted by molar-refractivity contribution is 7.12. The highest BCUT2D eigenvalue weighted by Gasteiger charge is 2.21. The summed E-state index contributed by atoms with van der Waals surface area (Å²) < 4.78 is 0. The van der Waals surface area contributed by atoms with Crippen LogP contribution in [0.2, 0.25) is 0 Å². The molecule has 0 spiro atoms. The van der Waals surface area contributed by atoms with E-state index >= 15 is 0 Å². The largest absolute Gasteiger partial charge is 0.390 e. The fourth-order valence-corrected chi connectivity index (χ4v) is 2.07. The molecule has 0 saturated carbocycles. The van der Waals surface area contributed by atoms with E-state index in [1.807, 2.05) is 0 Å². The van der Waals surface area contributed by atoms with Gasteiger partial charge in [0.2, 0.25) is 5.91 Å². The number of rotatable bonds is 5. The average molecular weight is 243 g/mol. The summed E-state index contributed by atoms with van der Waals surface area (Å²) >= 11 is 1.19. The van der Waals surface area contributed by atoms with Gasteiger partial charge in [-0.25, -0.2) is 0 Å². The number of nitrogens with two attached hydrogens (primary N) is 1. The number of aliphatic hydroxyl groups is 2. The van der Waals surface area contributed by atoms with Crippen LogP contribution in [0.5, 0.6) is 0 Å². The summed E-state index contributed by atoms with van der Waals surface area (Å²) in [4.78, 5) is 22.1. The standard InChI is InChI=1S/C10H13NO4S/c1-5(12)8-2-6(4-16-8)10(15)7(13)3-9(11)14/h2,4,7,10,13,15H,3H2,1H3,(H2,11,14). The molecule has 6 heteroatoms. The van der Waals surface area contributed by atoms with Crippen molar-refractivity contribution in [3.8, 4) is 0 Å². The second-order valence-electron chi connectivity index (χ2n) is 3.48. The number of carbonyl (C=O) groups excluding carboxylic acids is 2. The zero-order chi connectivity index (χ0) is 12.3. The molecule has 0 fully saturated rings. The zero-order valence-corrected chi connectivity index (χ0v) is 9.53. The molecule has 1 aromatic heterocycles. The first-order chi connectivity index (χ1) is 7.41. The molecule has 1 aromatic rings. The van der Waals surface area contributed by atoms with Gasteiger partial charge in [-0.05, 0) is 23.9 Å². The number of thiophene rings is 1. The molecule has 0 aliphatic carbocycles. The first-order valence-electron chi connectivity index (χ1n) is 4.65. The van der Waals surface area contributed by atoms with E-state index in [-0.39, 0.29) is 12.2 Å². The Kier molecular flexibility index (Phi) is 4.17. The van der Waals surface area contributed by atoms with E-state index in [0.29, 0.717) is 10.4 Å². The van der Waals surface area contributed by atoms with Crippen molar-refractivity contribution in [2.24, 2.45) is 5.73 Å². The molecule has 1 heterocycles. The first-order valence-corrected chi connectivity index (χ1v) is 5.53. The maximum absolute atomic E-state index is 11.0. The lowest BCUT2D eigenvalue weighted by molar-refractivity contribution is -0.121. The summed E-state index contributed by atoms with van der Waals surface area (Å²) in [6, 6.07) is 1.50. The van der Waals surface area contributed by atoms with Crippen LogP contribution in [0.4, 0.5) is 0 Å². The van der Waals surface area contributed by atoms with E-state index in [0.717, 1.165) is 0 Å². The Morgan fingerprint density at radius 1 is 1.50 bits per heavy atom. The summed E-state index contributed by atoms with van der Waals surface area (Å²) in [7, 11) is 0. The molecule has 2 unspecified atom stereocenters. The smallest absolute Gasteiger partial charge is 0.220 e. The van der Waals surface area contributed by atoms with Gasteiger partial charge in [-0.15, -0.1) is 11.3 Å².